The van der Waals surface area contributed by atoms with Crippen LogP contribution in [0.15, 0.2) is 70.3 Å². The van der Waals surface area contributed by atoms with E-state index in [9.17, 15) is 14.4 Å². The second-order valence-electron chi connectivity index (χ2n) is 8.19. The van der Waals surface area contributed by atoms with Crippen molar-refractivity contribution < 1.29 is 4.79 Å². The maximum atomic E-state index is 13.2. The molecule has 1 saturated heterocycles. The van der Waals surface area contributed by atoms with Crippen LogP contribution in [0.1, 0.15) is 22.8 Å². The fourth-order valence-corrected chi connectivity index (χ4v) is 4.26. The molecule has 0 unspecified atom stereocenters. The molecular weight excluding hydrogens is 418 g/mol. The lowest BCUT2D eigenvalue weighted by atomic mass is 10.1. The Morgan fingerprint density at radius 1 is 0.879 bits per heavy atom. The molecule has 0 spiro atoms. The summed E-state index contributed by atoms with van der Waals surface area (Å²) in [6, 6.07) is 19.5. The summed E-state index contributed by atoms with van der Waals surface area (Å²) in [6.07, 6.45) is 0. The number of carbonyl (C=O) groups is 1. The minimum Gasteiger partial charge on any atom is -0.384 e. The Balaban J connectivity index is 1.55. The van der Waals surface area contributed by atoms with E-state index in [1.807, 2.05) is 53.4 Å². The van der Waals surface area contributed by atoms with E-state index in [-0.39, 0.29) is 36.8 Å². The highest BCUT2D eigenvalue weighted by Crippen LogP contribution is 2.16. The number of piperazine rings is 1. The fourth-order valence-electron chi connectivity index (χ4n) is 4.26. The molecule has 0 radical (unpaired) electrons. The standard InChI is InChI=1S/C25H29N5O3/c1-2-29-24(32)22(23(26)30(25(29)33)17-19-9-5-3-6-10-19)21(31)18-27-13-15-28(16-14-27)20-11-7-4-8-12-20/h3-12H,2,13-18,26H2,1H3. The maximum absolute atomic E-state index is 13.2. The van der Waals surface area contributed by atoms with Crippen LogP contribution in [-0.4, -0.2) is 52.5 Å². The number of benzene rings is 2. The largest absolute Gasteiger partial charge is 0.384 e. The van der Waals surface area contributed by atoms with Crippen molar-refractivity contribution in [2.75, 3.05) is 43.4 Å². The molecule has 0 bridgehead atoms. The maximum Gasteiger partial charge on any atom is 0.332 e. The van der Waals surface area contributed by atoms with E-state index >= 15 is 0 Å². The lowest BCUT2D eigenvalue weighted by Gasteiger charge is -2.35. The summed E-state index contributed by atoms with van der Waals surface area (Å²) in [5.41, 5.74) is 7.07. The smallest absolute Gasteiger partial charge is 0.332 e. The first-order chi connectivity index (χ1) is 16.0. The summed E-state index contributed by atoms with van der Waals surface area (Å²) < 4.78 is 2.40. The van der Waals surface area contributed by atoms with Crippen molar-refractivity contribution in [3.05, 3.63) is 92.6 Å². The van der Waals surface area contributed by atoms with E-state index in [1.165, 1.54) is 4.57 Å². The van der Waals surface area contributed by atoms with Crippen molar-refractivity contribution in [3.8, 4) is 0 Å². The quantitative estimate of drug-likeness (QED) is 0.554. The van der Waals surface area contributed by atoms with Crippen LogP contribution in [0.4, 0.5) is 11.5 Å². The third-order valence-electron chi connectivity index (χ3n) is 6.11. The Labute approximate surface area is 192 Å². The highest BCUT2D eigenvalue weighted by molar-refractivity contribution is 6.01. The van der Waals surface area contributed by atoms with Gasteiger partial charge in [-0.15, -0.1) is 0 Å². The molecule has 8 heteroatoms. The number of hydrogen-bond donors (Lipinski definition) is 1. The van der Waals surface area contributed by atoms with Gasteiger partial charge in [-0.2, -0.15) is 0 Å². The first kappa shape index (κ1) is 22.5. The molecule has 1 aliphatic heterocycles. The van der Waals surface area contributed by atoms with Gasteiger partial charge in [-0.1, -0.05) is 48.5 Å². The van der Waals surface area contributed by atoms with Crippen molar-refractivity contribution >= 4 is 17.3 Å². The van der Waals surface area contributed by atoms with Gasteiger partial charge in [0.05, 0.1) is 13.1 Å². The Bertz CT molecular complexity index is 1230. The van der Waals surface area contributed by atoms with E-state index < -0.39 is 11.2 Å². The van der Waals surface area contributed by atoms with Crippen molar-refractivity contribution in [2.24, 2.45) is 0 Å². The van der Waals surface area contributed by atoms with Gasteiger partial charge < -0.3 is 10.6 Å². The SMILES string of the molecule is CCn1c(=O)c(C(=O)CN2CCN(c3ccccc3)CC2)c(N)n(Cc2ccccc2)c1=O. The van der Waals surface area contributed by atoms with Crippen molar-refractivity contribution in [1.82, 2.24) is 14.0 Å². The number of anilines is 2. The van der Waals surface area contributed by atoms with E-state index in [2.05, 4.69) is 17.0 Å². The molecule has 0 atom stereocenters. The number of aromatic nitrogens is 2. The average Bonchev–Trinajstić information content (AvgIpc) is 2.84. The first-order valence-corrected chi connectivity index (χ1v) is 11.2. The Morgan fingerprint density at radius 3 is 2.09 bits per heavy atom. The van der Waals surface area contributed by atoms with Crippen LogP contribution in [0.25, 0.3) is 0 Å². The van der Waals surface area contributed by atoms with Crippen molar-refractivity contribution in [1.29, 1.82) is 0 Å². The van der Waals surface area contributed by atoms with Crippen LogP contribution in [0.3, 0.4) is 0 Å². The van der Waals surface area contributed by atoms with Gasteiger partial charge in [0.1, 0.15) is 11.4 Å². The molecule has 1 fully saturated rings. The number of nitrogens with zero attached hydrogens (tertiary/aromatic N) is 4. The lowest BCUT2D eigenvalue weighted by molar-refractivity contribution is 0.0924. The zero-order valence-electron chi connectivity index (χ0n) is 18.8. The summed E-state index contributed by atoms with van der Waals surface area (Å²) in [7, 11) is 0. The number of ketones is 1. The molecule has 4 rings (SSSR count). The molecule has 172 valence electrons. The highest BCUT2D eigenvalue weighted by Gasteiger charge is 2.26. The van der Waals surface area contributed by atoms with Gasteiger partial charge in [-0.05, 0) is 24.6 Å². The molecule has 3 aromatic rings. The Hall–Kier alpha value is -3.65. The number of nitrogen functional groups attached to an aromatic ring is 1. The van der Waals surface area contributed by atoms with Crippen LogP contribution in [0.2, 0.25) is 0 Å². The number of Topliss-reactive ketones (excluding diaryl/α,β-unsaturated/α-hetero) is 1. The fraction of sp³-hybridized carbons (Fsp3) is 0.320. The third kappa shape index (κ3) is 4.75. The van der Waals surface area contributed by atoms with Crippen LogP contribution < -0.4 is 21.9 Å². The molecule has 2 N–H and O–H groups in total. The topological polar surface area (TPSA) is 93.6 Å². The van der Waals surface area contributed by atoms with Gasteiger partial charge in [0, 0.05) is 38.4 Å². The number of hydrogen-bond acceptors (Lipinski definition) is 6. The monoisotopic (exact) mass is 447 g/mol. The minimum atomic E-state index is -0.614. The summed E-state index contributed by atoms with van der Waals surface area (Å²) in [6.45, 7) is 5.15. The first-order valence-electron chi connectivity index (χ1n) is 11.2. The molecule has 33 heavy (non-hydrogen) atoms. The van der Waals surface area contributed by atoms with E-state index in [4.69, 9.17) is 5.73 Å². The second-order valence-corrected chi connectivity index (χ2v) is 8.19. The van der Waals surface area contributed by atoms with E-state index in [1.54, 1.807) is 6.92 Å². The Morgan fingerprint density at radius 2 is 1.48 bits per heavy atom. The molecule has 2 aromatic carbocycles. The van der Waals surface area contributed by atoms with Gasteiger partial charge in [-0.25, -0.2) is 4.79 Å². The van der Waals surface area contributed by atoms with Crippen LogP contribution in [0, 0.1) is 0 Å². The highest BCUT2D eigenvalue weighted by atomic mass is 16.2. The van der Waals surface area contributed by atoms with E-state index in [0.29, 0.717) is 13.1 Å². The summed E-state index contributed by atoms with van der Waals surface area (Å²) >= 11 is 0. The van der Waals surface area contributed by atoms with Crippen molar-refractivity contribution in [3.63, 3.8) is 0 Å². The second kappa shape index (κ2) is 9.87. The third-order valence-corrected chi connectivity index (χ3v) is 6.11. The van der Waals surface area contributed by atoms with Gasteiger partial charge in [0.2, 0.25) is 0 Å². The predicted octanol–water partition coefficient (Wildman–Crippen LogP) is 1.67. The van der Waals surface area contributed by atoms with Crippen LogP contribution in [0.5, 0.6) is 0 Å². The number of nitrogens with two attached hydrogens (primary N) is 1. The summed E-state index contributed by atoms with van der Waals surface area (Å²) in [4.78, 5) is 43.4. The average molecular weight is 448 g/mol. The number of carbonyl (C=O) groups excluding carboxylic acids is 1. The molecule has 2 heterocycles. The van der Waals surface area contributed by atoms with Gasteiger partial charge in [-0.3, -0.25) is 23.6 Å². The summed E-state index contributed by atoms with van der Waals surface area (Å²) in [5.74, 6) is -0.416. The van der Waals surface area contributed by atoms with Gasteiger partial charge in [0.15, 0.2) is 5.78 Å². The lowest BCUT2D eigenvalue weighted by Crippen LogP contribution is -2.49. The van der Waals surface area contributed by atoms with Gasteiger partial charge >= 0.3 is 5.69 Å². The number of rotatable bonds is 7. The summed E-state index contributed by atoms with van der Waals surface area (Å²) in [5, 5.41) is 0. The normalized spacial score (nSPS) is 14.4. The molecule has 1 aromatic heterocycles. The Kier molecular flexibility index (Phi) is 6.74. The zero-order chi connectivity index (χ0) is 23.4. The van der Waals surface area contributed by atoms with Crippen LogP contribution >= 0.6 is 0 Å². The molecule has 8 nitrogen and oxygen atoms in total. The minimum absolute atomic E-state index is 0.0634. The van der Waals surface area contributed by atoms with E-state index in [0.717, 1.165) is 28.9 Å². The number of para-hydroxylation sites is 1. The van der Waals surface area contributed by atoms with Crippen LogP contribution in [-0.2, 0) is 13.1 Å². The molecule has 0 aliphatic carbocycles. The van der Waals surface area contributed by atoms with Gasteiger partial charge in [0.25, 0.3) is 5.56 Å². The molecule has 0 amide bonds. The zero-order valence-corrected chi connectivity index (χ0v) is 18.8. The molecule has 1 aliphatic rings. The predicted molar refractivity (Wildman–Crippen MR) is 130 cm³/mol. The molecular formula is C25H29N5O3. The molecule has 0 saturated carbocycles. The van der Waals surface area contributed by atoms with Crippen molar-refractivity contribution in [2.45, 2.75) is 20.0 Å².